The van der Waals surface area contributed by atoms with Gasteiger partial charge in [-0.1, -0.05) is 91.0 Å². The number of nitrogens with one attached hydrogen (secondary N) is 1. The van der Waals surface area contributed by atoms with Gasteiger partial charge < -0.3 is 31.5 Å². The maximum atomic E-state index is 14.6. The third-order valence-corrected chi connectivity index (χ3v) is 8.89. The van der Waals surface area contributed by atoms with Crippen molar-refractivity contribution in [2.24, 2.45) is 11.5 Å². The number of amides is 4. The summed E-state index contributed by atoms with van der Waals surface area (Å²) in [6.07, 6.45) is 5.86. The zero-order chi connectivity index (χ0) is 37.6. The molecule has 3 aromatic carbocycles. The maximum absolute atomic E-state index is 14.6. The molecule has 3 aromatic rings. The highest BCUT2D eigenvalue weighted by atomic mass is 16.2. The first-order valence-electron chi connectivity index (χ1n) is 17.6. The summed E-state index contributed by atoms with van der Waals surface area (Å²) < 4.78 is 0. The Morgan fingerprint density at radius 3 is 1.84 bits per heavy atom. The lowest BCUT2D eigenvalue weighted by atomic mass is 9.97. The number of rotatable bonds is 18. The quantitative estimate of drug-likeness (QED) is 0.135. The van der Waals surface area contributed by atoms with Crippen LogP contribution in [0, 0.1) is 0 Å². The Bertz CT molecular complexity index is 1590. The van der Waals surface area contributed by atoms with Crippen LogP contribution in [0.5, 0.6) is 0 Å². The van der Waals surface area contributed by atoms with Crippen LogP contribution in [0.25, 0.3) is 11.1 Å². The molecule has 0 radical (unpaired) electrons. The molecule has 0 saturated carbocycles. The summed E-state index contributed by atoms with van der Waals surface area (Å²) in [5.74, 6) is -1.44. The van der Waals surface area contributed by atoms with Gasteiger partial charge in [-0.2, -0.15) is 0 Å². The zero-order valence-electron chi connectivity index (χ0n) is 31.0. The Labute approximate surface area is 303 Å². The van der Waals surface area contributed by atoms with Crippen molar-refractivity contribution >= 4 is 23.6 Å². The average Bonchev–Trinajstić information content (AvgIpc) is 3.11. The molecule has 3 atom stereocenters. The molecule has 0 saturated heterocycles. The van der Waals surface area contributed by atoms with Crippen molar-refractivity contribution in [1.29, 1.82) is 0 Å². The van der Waals surface area contributed by atoms with Crippen molar-refractivity contribution in [3.8, 4) is 11.1 Å². The van der Waals surface area contributed by atoms with Gasteiger partial charge >= 0.3 is 0 Å². The van der Waals surface area contributed by atoms with E-state index in [1.165, 1.54) is 20.8 Å². The standard InChI is InChI=1S/C41H56N6O4/c1-41(2,43)26-15-21-37(48)46(5)36(29-31-22-24-33(25-23-31)32-18-11-8-12-19-32)40(51)47(6)35(28-30-16-9-7-10-17-30)38(49)44-34(20-13-14-27-42)39(50)45(3)4/h7-12,15-19,21-25,34-36H,13-14,20,26-29,42-43H2,1-6H3,(H,44,49)/b21-15-/t34-,35-,36-/m0/s1. The van der Waals surface area contributed by atoms with E-state index in [9.17, 15) is 19.2 Å². The molecule has 5 N–H and O–H groups in total. The average molecular weight is 697 g/mol. The first kappa shape index (κ1) is 40.6. The molecule has 0 aliphatic heterocycles. The van der Waals surface area contributed by atoms with E-state index >= 15 is 0 Å². The summed E-state index contributed by atoms with van der Waals surface area (Å²) in [5, 5.41) is 2.95. The molecule has 0 unspecified atom stereocenters. The Morgan fingerprint density at radius 1 is 0.725 bits per heavy atom. The number of carbonyl (C=O) groups is 4. The third kappa shape index (κ3) is 12.8. The molecule has 0 fully saturated rings. The third-order valence-electron chi connectivity index (χ3n) is 8.89. The molecule has 51 heavy (non-hydrogen) atoms. The number of nitrogens with two attached hydrogens (primary N) is 2. The molecule has 0 aliphatic rings. The van der Waals surface area contributed by atoms with Gasteiger partial charge in [0.05, 0.1) is 0 Å². The second kappa shape index (κ2) is 19.6. The molecule has 4 amide bonds. The van der Waals surface area contributed by atoms with E-state index in [-0.39, 0.29) is 24.7 Å². The lowest BCUT2D eigenvalue weighted by Crippen LogP contribution is -2.58. The van der Waals surface area contributed by atoms with Crippen molar-refractivity contribution in [2.75, 3.05) is 34.7 Å². The highest BCUT2D eigenvalue weighted by Crippen LogP contribution is 2.22. The predicted octanol–water partition coefficient (Wildman–Crippen LogP) is 4.18. The lowest BCUT2D eigenvalue weighted by molar-refractivity contribution is -0.146. The van der Waals surface area contributed by atoms with E-state index in [2.05, 4.69) is 5.32 Å². The van der Waals surface area contributed by atoms with Gasteiger partial charge in [-0.15, -0.1) is 0 Å². The van der Waals surface area contributed by atoms with Crippen LogP contribution >= 0.6 is 0 Å². The molecular weight excluding hydrogens is 640 g/mol. The van der Waals surface area contributed by atoms with Gasteiger partial charge in [-0.05, 0) is 74.4 Å². The van der Waals surface area contributed by atoms with Gasteiger partial charge in [0.1, 0.15) is 18.1 Å². The molecule has 0 spiro atoms. The second-order valence-electron chi connectivity index (χ2n) is 14.1. The van der Waals surface area contributed by atoms with Gasteiger partial charge in [-0.25, -0.2) is 0 Å². The van der Waals surface area contributed by atoms with Crippen LogP contribution in [0.3, 0.4) is 0 Å². The number of hydrogen-bond acceptors (Lipinski definition) is 6. The monoisotopic (exact) mass is 696 g/mol. The molecule has 0 aromatic heterocycles. The maximum Gasteiger partial charge on any atom is 0.246 e. The fourth-order valence-electron chi connectivity index (χ4n) is 5.77. The summed E-state index contributed by atoms with van der Waals surface area (Å²) in [7, 11) is 6.48. The van der Waals surface area contributed by atoms with E-state index in [4.69, 9.17) is 11.5 Å². The summed E-state index contributed by atoms with van der Waals surface area (Å²) in [5.41, 5.74) is 15.1. The van der Waals surface area contributed by atoms with Crippen LogP contribution in [-0.4, -0.2) is 96.7 Å². The summed E-state index contributed by atoms with van der Waals surface area (Å²) in [4.78, 5) is 59.7. The van der Waals surface area contributed by atoms with Crippen LogP contribution < -0.4 is 16.8 Å². The van der Waals surface area contributed by atoms with Crippen molar-refractivity contribution in [1.82, 2.24) is 20.0 Å². The fraction of sp³-hybridized carbons (Fsp3) is 0.415. The highest BCUT2D eigenvalue weighted by Gasteiger charge is 2.36. The molecule has 0 aliphatic carbocycles. The normalized spacial score (nSPS) is 13.3. The van der Waals surface area contributed by atoms with Crippen molar-refractivity contribution < 1.29 is 19.2 Å². The van der Waals surface area contributed by atoms with E-state index in [1.54, 1.807) is 34.3 Å². The van der Waals surface area contributed by atoms with E-state index < -0.39 is 35.5 Å². The zero-order valence-corrected chi connectivity index (χ0v) is 31.0. The molecule has 10 heteroatoms. The number of carbonyl (C=O) groups excluding carboxylic acids is 4. The molecule has 274 valence electrons. The number of nitrogens with zero attached hydrogens (tertiary/aromatic N) is 3. The van der Waals surface area contributed by atoms with Gasteiger partial charge in [0.25, 0.3) is 0 Å². The number of likely N-dealkylation sites (N-methyl/N-ethyl adjacent to an activating group) is 3. The molecule has 0 bridgehead atoms. The van der Waals surface area contributed by atoms with Crippen LogP contribution in [0.4, 0.5) is 0 Å². The number of benzene rings is 3. The van der Waals surface area contributed by atoms with Crippen molar-refractivity contribution in [3.05, 3.63) is 108 Å². The topological polar surface area (TPSA) is 142 Å². The minimum absolute atomic E-state index is 0.211. The molecule has 3 rings (SSSR count). The molecular formula is C41H56N6O4. The minimum Gasteiger partial charge on any atom is -0.347 e. The van der Waals surface area contributed by atoms with Crippen LogP contribution in [0.2, 0.25) is 0 Å². The number of unbranched alkanes of at least 4 members (excludes halogenated alkanes) is 1. The largest absolute Gasteiger partial charge is 0.347 e. The van der Waals surface area contributed by atoms with Gasteiger partial charge in [0.15, 0.2) is 0 Å². The second-order valence-corrected chi connectivity index (χ2v) is 14.1. The van der Waals surface area contributed by atoms with Gasteiger partial charge in [0, 0.05) is 46.6 Å². The lowest BCUT2D eigenvalue weighted by Gasteiger charge is -2.35. The van der Waals surface area contributed by atoms with Crippen LogP contribution in [-0.2, 0) is 32.0 Å². The molecule has 10 nitrogen and oxygen atoms in total. The summed E-state index contributed by atoms with van der Waals surface area (Å²) in [6, 6.07) is 24.7. The molecule has 0 heterocycles. The smallest absolute Gasteiger partial charge is 0.246 e. The highest BCUT2D eigenvalue weighted by molar-refractivity contribution is 5.96. The van der Waals surface area contributed by atoms with Crippen LogP contribution in [0.1, 0.15) is 50.7 Å². The fourth-order valence-corrected chi connectivity index (χ4v) is 5.77. The Hall–Kier alpha value is -4.80. The summed E-state index contributed by atoms with van der Waals surface area (Å²) in [6.45, 7) is 4.23. The summed E-state index contributed by atoms with van der Waals surface area (Å²) >= 11 is 0. The van der Waals surface area contributed by atoms with Gasteiger partial charge in [0.2, 0.25) is 23.6 Å². The first-order valence-corrected chi connectivity index (χ1v) is 17.6. The first-order chi connectivity index (χ1) is 24.2. The minimum atomic E-state index is -0.966. The Morgan fingerprint density at radius 2 is 1.27 bits per heavy atom. The van der Waals surface area contributed by atoms with Crippen molar-refractivity contribution in [3.63, 3.8) is 0 Å². The van der Waals surface area contributed by atoms with Crippen molar-refractivity contribution in [2.45, 2.75) is 76.0 Å². The Balaban J connectivity index is 1.98. The van der Waals surface area contributed by atoms with E-state index in [0.29, 0.717) is 32.2 Å². The SMILES string of the molecule is CN(C)C(=O)[C@H](CCCCN)NC(=O)[C@H](Cc1ccccc1)N(C)C(=O)[C@H](Cc1ccc(-c2ccccc2)cc1)N(C)C(=O)/C=C\CC(C)(C)N. The van der Waals surface area contributed by atoms with E-state index in [1.807, 2.05) is 98.8 Å². The Kier molecular flexibility index (Phi) is 15.6. The van der Waals surface area contributed by atoms with Gasteiger partial charge in [-0.3, -0.25) is 19.2 Å². The van der Waals surface area contributed by atoms with E-state index in [0.717, 1.165) is 22.3 Å². The predicted molar refractivity (Wildman–Crippen MR) is 204 cm³/mol. The number of hydrogen-bond donors (Lipinski definition) is 3. The van der Waals surface area contributed by atoms with Crippen LogP contribution in [0.15, 0.2) is 97.1 Å².